The van der Waals surface area contributed by atoms with Gasteiger partial charge in [0.2, 0.25) is 0 Å². The molecule has 0 bridgehead atoms. The summed E-state index contributed by atoms with van der Waals surface area (Å²) in [6.07, 6.45) is 9.58. The smallest absolute Gasteiger partial charge is 0.193 e. The molecule has 1 N–H and O–H groups in total. The van der Waals surface area contributed by atoms with Crippen molar-refractivity contribution in [2.75, 3.05) is 47.0 Å². The largest absolute Gasteiger partial charge is 0.385 e. The molecule has 1 fully saturated rings. The van der Waals surface area contributed by atoms with Gasteiger partial charge in [-0.25, -0.2) is 0 Å². The molecule has 0 aromatic carbocycles. The molecule has 1 aliphatic rings. The molecule has 1 aliphatic heterocycles. The highest BCUT2D eigenvalue weighted by atomic mass is 16.5. The normalized spacial score (nSPS) is 16.4. The summed E-state index contributed by atoms with van der Waals surface area (Å²) in [5.74, 6) is 1.00. The molecule has 7 nitrogen and oxygen atoms in total. The number of aliphatic imine (C=N–C) groups is 1. The number of ether oxygens (including phenoxy) is 2. The third-order valence-corrected chi connectivity index (χ3v) is 4.48. The zero-order chi connectivity index (χ0) is 17.9. The molecule has 142 valence electrons. The lowest BCUT2D eigenvalue weighted by atomic mass is 10.1. The summed E-state index contributed by atoms with van der Waals surface area (Å²) in [4.78, 5) is 6.76. The second-order valence-corrected chi connectivity index (χ2v) is 6.50. The van der Waals surface area contributed by atoms with E-state index in [1.54, 1.807) is 7.11 Å². The molecule has 0 aliphatic carbocycles. The predicted octanol–water partition coefficient (Wildman–Crippen LogP) is 1.45. The maximum absolute atomic E-state index is 5.92. The van der Waals surface area contributed by atoms with E-state index in [2.05, 4.69) is 26.5 Å². The maximum Gasteiger partial charge on any atom is 0.193 e. The van der Waals surface area contributed by atoms with Gasteiger partial charge < -0.3 is 19.7 Å². The Morgan fingerprint density at radius 3 is 2.76 bits per heavy atom. The molecule has 1 aromatic rings. The van der Waals surface area contributed by atoms with Crippen LogP contribution in [-0.4, -0.2) is 73.7 Å². The average Bonchev–Trinajstić information content (AvgIpc) is 3.05. The Bertz CT molecular complexity index is 509. The highest BCUT2D eigenvalue weighted by Gasteiger charge is 2.21. The standard InChI is InChI=1S/C18H33N5O2/c1-19-18(20-9-4-6-16-14-21-22(2)15-16)23-10-7-17(8-11-23)25-13-5-12-24-3/h14-15,17H,4-13H2,1-3H3,(H,19,20). The van der Waals surface area contributed by atoms with Gasteiger partial charge in [0.15, 0.2) is 5.96 Å². The number of aromatic nitrogens is 2. The molecule has 1 aromatic heterocycles. The van der Waals surface area contributed by atoms with E-state index in [9.17, 15) is 0 Å². The summed E-state index contributed by atoms with van der Waals surface area (Å²) < 4.78 is 12.8. The number of aryl methyl sites for hydroxylation is 2. The van der Waals surface area contributed by atoms with Crippen molar-refractivity contribution in [1.82, 2.24) is 20.0 Å². The quantitative estimate of drug-likeness (QED) is 0.414. The van der Waals surface area contributed by atoms with E-state index < -0.39 is 0 Å². The predicted molar refractivity (Wildman–Crippen MR) is 99.9 cm³/mol. The molecule has 0 amide bonds. The fourth-order valence-electron chi connectivity index (χ4n) is 3.11. The van der Waals surface area contributed by atoms with Gasteiger partial charge in [0.05, 0.1) is 12.3 Å². The number of piperidine rings is 1. The Kier molecular flexibility index (Phi) is 8.76. The summed E-state index contributed by atoms with van der Waals surface area (Å²) in [7, 11) is 5.54. The van der Waals surface area contributed by atoms with Crippen molar-refractivity contribution < 1.29 is 9.47 Å². The van der Waals surface area contributed by atoms with Crippen LogP contribution in [0.4, 0.5) is 0 Å². The van der Waals surface area contributed by atoms with Gasteiger partial charge in [-0.3, -0.25) is 9.67 Å². The van der Waals surface area contributed by atoms with Gasteiger partial charge in [0.25, 0.3) is 0 Å². The number of likely N-dealkylation sites (tertiary alicyclic amines) is 1. The molecule has 7 heteroatoms. The molecule has 0 radical (unpaired) electrons. The lowest BCUT2D eigenvalue weighted by Gasteiger charge is -2.34. The van der Waals surface area contributed by atoms with Gasteiger partial charge in [-0.2, -0.15) is 5.10 Å². The van der Waals surface area contributed by atoms with Crippen LogP contribution in [0.3, 0.4) is 0 Å². The van der Waals surface area contributed by atoms with E-state index in [0.29, 0.717) is 6.10 Å². The number of rotatable bonds is 9. The number of hydrogen-bond donors (Lipinski definition) is 1. The van der Waals surface area contributed by atoms with Crippen LogP contribution in [0, 0.1) is 0 Å². The minimum atomic E-state index is 0.372. The average molecular weight is 351 g/mol. The van der Waals surface area contributed by atoms with E-state index in [0.717, 1.165) is 70.9 Å². The first-order valence-electron chi connectivity index (χ1n) is 9.26. The molecule has 1 saturated heterocycles. The van der Waals surface area contributed by atoms with Crippen molar-refractivity contribution in [3.8, 4) is 0 Å². The first-order chi connectivity index (χ1) is 12.2. The summed E-state index contributed by atoms with van der Waals surface area (Å²) in [5, 5.41) is 7.69. The Morgan fingerprint density at radius 2 is 2.12 bits per heavy atom. The summed E-state index contributed by atoms with van der Waals surface area (Å²) in [6.45, 7) is 4.48. The van der Waals surface area contributed by atoms with E-state index in [1.165, 1.54) is 5.56 Å². The van der Waals surface area contributed by atoms with E-state index in [1.807, 2.05) is 25.0 Å². The number of hydrogen-bond acceptors (Lipinski definition) is 4. The molecular weight excluding hydrogens is 318 g/mol. The molecule has 0 unspecified atom stereocenters. The van der Waals surface area contributed by atoms with Crippen LogP contribution in [-0.2, 0) is 22.9 Å². The van der Waals surface area contributed by atoms with Gasteiger partial charge in [0.1, 0.15) is 0 Å². The third kappa shape index (κ3) is 7.04. The second-order valence-electron chi connectivity index (χ2n) is 6.50. The summed E-state index contributed by atoms with van der Waals surface area (Å²) in [6, 6.07) is 0. The van der Waals surface area contributed by atoms with Crippen molar-refractivity contribution in [3.63, 3.8) is 0 Å². The van der Waals surface area contributed by atoms with Crippen molar-refractivity contribution >= 4 is 5.96 Å². The Labute approximate surface area is 151 Å². The zero-order valence-electron chi connectivity index (χ0n) is 15.9. The van der Waals surface area contributed by atoms with Crippen molar-refractivity contribution in [2.45, 2.75) is 38.2 Å². The van der Waals surface area contributed by atoms with Crippen LogP contribution in [0.1, 0.15) is 31.2 Å². The van der Waals surface area contributed by atoms with Crippen LogP contribution in [0.15, 0.2) is 17.4 Å². The fraction of sp³-hybridized carbons (Fsp3) is 0.778. The highest BCUT2D eigenvalue weighted by Crippen LogP contribution is 2.14. The minimum absolute atomic E-state index is 0.372. The molecular formula is C18H33N5O2. The van der Waals surface area contributed by atoms with Crippen LogP contribution in [0.2, 0.25) is 0 Å². The van der Waals surface area contributed by atoms with Gasteiger partial charge in [0, 0.05) is 60.3 Å². The zero-order valence-corrected chi connectivity index (χ0v) is 15.9. The van der Waals surface area contributed by atoms with Gasteiger partial charge in [-0.15, -0.1) is 0 Å². The maximum atomic E-state index is 5.92. The minimum Gasteiger partial charge on any atom is -0.385 e. The SMILES string of the molecule is CN=C(NCCCc1cnn(C)c1)N1CCC(OCCCOC)CC1. The Morgan fingerprint density at radius 1 is 1.32 bits per heavy atom. The van der Waals surface area contributed by atoms with E-state index in [4.69, 9.17) is 9.47 Å². The summed E-state index contributed by atoms with van der Waals surface area (Å²) in [5.41, 5.74) is 1.28. The first kappa shape index (κ1) is 19.7. The van der Waals surface area contributed by atoms with Crippen LogP contribution in [0.5, 0.6) is 0 Å². The number of guanidine groups is 1. The van der Waals surface area contributed by atoms with Gasteiger partial charge in [-0.05, 0) is 37.7 Å². The molecule has 2 heterocycles. The number of nitrogens with zero attached hydrogens (tertiary/aromatic N) is 4. The second kappa shape index (κ2) is 11.1. The first-order valence-corrected chi connectivity index (χ1v) is 9.26. The monoisotopic (exact) mass is 351 g/mol. The summed E-state index contributed by atoms with van der Waals surface area (Å²) >= 11 is 0. The lowest BCUT2D eigenvalue weighted by Crippen LogP contribution is -2.47. The number of methoxy groups -OCH3 is 1. The van der Waals surface area contributed by atoms with Crippen molar-refractivity contribution in [1.29, 1.82) is 0 Å². The van der Waals surface area contributed by atoms with Gasteiger partial charge in [-0.1, -0.05) is 0 Å². The highest BCUT2D eigenvalue weighted by molar-refractivity contribution is 5.79. The molecule has 0 atom stereocenters. The molecule has 0 saturated carbocycles. The fourth-order valence-corrected chi connectivity index (χ4v) is 3.11. The Balaban J connectivity index is 1.61. The van der Waals surface area contributed by atoms with E-state index >= 15 is 0 Å². The topological polar surface area (TPSA) is 63.9 Å². The van der Waals surface area contributed by atoms with Crippen LogP contribution < -0.4 is 5.32 Å². The van der Waals surface area contributed by atoms with Crippen molar-refractivity contribution in [3.05, 3.63) is 18.0 Å². The van der Waals surface area contributed by atoms with Crippen molar-refractivity contribution in [2.24, 2.45) is 12.0 Å². The molecule has 0 spiro atoms. The number of nitrogens with one attached hydrogen (secondary N) is 1. The third-order valence-electron chi connectivity index (χ3n) is 4.48. The van der Waals surface area contributed by atoms with Crippen LogP contribution in [0.25, 0.3) is 0 Å². The molecule has 25 heavy (non-hydrogen) atoms. The lowest BCUT2D eigenvalue weighted by molar-refractivity contribution is 0.00991. The van der Waals surface area contributed by atoms with Gasteiger partial charge >= 0.3 is 0 Å². The van der Waals surface area contributed by atoms with E-state index in [-0.39, 0.29) is 0 Å². The van der Waals surface area contributed by atoms with Crippen LogP contribution >= 0.6 is 0 Å². The molecule has 2 rings (SSSR count). The Hall–Kier alpha value is -1.60.